The maximum Gasteiger partial charge on any atom is 0.239 e. The average molecular weight is 452 g/mol. The van der Waals surface area contributed by atoms with Gasteiger partial charge in [0.05, 0.1) is 36.8 Å². The fraction of sp³-hybridized carbons (Fsp3) is 0.261. The lowest BCUT2D eigenvalue weighted by atomic mass is 10.2. The number of likely N-dealkylation sites (N-methyl/N-ethyl adjacent to an activating group) is 1. The van der Waals surface area contributed by atoms with Gasteiger partial charge in [0.25, 0.3) is 0 Å². The first-order valence-corrected chi connectivity index (χ1v) is 10.9. The molecule has 0 fully saturated rings. The highest BCUT2D eigenvalue weighted by atomic mass is 32.1. The van der Waals surface area contributed by atoms with Gasteiger partial charge in [-0.25, -0.2) is 4.68 Å². The topological polar surface area (TPSA) is 81.5 Å². The van der Waals surface area contributed by atoms with Gasteiger partial charge in [0.2, 0.25) is 5.91 Å². The number of anilines is 1. The molecule has 166 valence electrons. The number of thiazole rings is 1. The zero-order chi connectivity index (χ0) is 22.7. The molecule has 0 radical (unpaired) electrons. The number of carbonyl (C=O) groups excluding carboxylic acids is 1. The summed E-state index contributed by atoms with van der Waals surface area (Å²) in [5.41, 5.74) is 3.54. The number of benzene rings is 2. The first-order valence-electron chi connectivity index (χ1n) is 10.1. The van der Waals surface area contributed by atoms with E-state index in [0.29, 0.717) is 18.0 Å². The van der Waals surface area contributed by atoms with Crippen LogP contribution in [0, 0.1) is 6.92 Å². The molecule has 0 aliphatic carbocycles. The number of nitrogens with one attached hydrogen (secondary N) is 1. The van der Waals surface area contributed by atoms with Crippen molar-refractivity contribution in [3.63, 3.8) is 0 Å². The van der Waals surface area contributed by atoms with Crippen molar-refractivity contribution in [3.8, 4) is 17.2 Å². The van der Waals surface area contributed by atoms with Gasteiger partial charge in [-0.15, -0.1) is 0 Å². The van der Waals surface area contributed by atoms with Crippen molar-refractivity contribution in [2.24, 2.45) is 0 Å². The summed E-state index contributed by atoms with van der Waals surface area (Å²) in [4.78, 5) is 19.2. The lowest BCUT2D eigenvalue weighted by Gasteiger charge is -2.16. The maximum absolute atomic E-state index is 12.6. The number of hydrogen-bond donors (Lipinski definition) is 1. The van der Waals surface area contributed by atoms with Gasteiger partial charge in [-0.3, -0.25) is 4.79 Å². The minimum atomic E-state index is -0.106. The van der Waals surface area contributed by atoms with Crippen LogP contribution in [-0.4, -0.2) is 48.5 Å². The van der Waals surface area contributed by atoms with Crippen LogP contribution >= 0.6 is 11.3 Å². The molecule has 0 bridgehead atoms. The highest BCUT2D eigenvalue weighted by Crippen LogP contribution is 2.32. The molecule has 2 aromatic carbocycles. The van der Waals surface area contributed by atoms with Crippen molar-refractivity contribution in [1.29, 1.82) is 0 Å². The molecule has 0 saturated carbocycles. The van der Waals surface area contributed by atoms with Crippen LogP contribution < -0.4 is 19.7 Å². The van der Waals surface area contributed by atoms with Crippen molar-refractivity contribution >= 4 is 32.7 Å². The Labute approximate surface area is 190 Å². The van der Waals surface area contributed by atoms with E-state index in [4.69, 9.17) is 14.5 Å². The average Bonchev–Trinajstić information content (AvgIpc) is 3.39. The lowest BCUT2D eigenvalue weighted by Crippen LogP contribution is -2.34. The molecule has 0 aliphatic rings. The number of ether oxygens (including phenoxy) is 2. The fourth-order valence-electron chi connectivity index (χ4n) is 3.37. The molecule has 0 spiro atoms. The molecular formula is C23H25N5O3S. The molecular weight excluding hydrogens is 426 g/mol. The van der Waals surface area contributed by atoms with E-state index < -0.39 is 0 Å². The summed E-state index contributed by atoms with van der Waals surface area (Å²) in [5.74, 6) is 1.27. The Kier molecular flexibility index (Phi) is 6.27. The van der Waals surface area contributed by atoms with E-state index in [1.54, 1.807) is 20.3 Å². The van der Waals surface area contributed by atoms with Gasteiger partial charge in [0, 0.05) is 25.2 Å². The van der Waals surface area contributed by atoms with Crippen molar-refractivity contribution in [2.75, 3.05) is 32.7 Å². The first kappa shape index (κ1) is 21.6. The second-order valence-corrected chi connectivity index (χ2v) is 8.27. The van der Waals surface area contributed by atoms with Crippen LogP contribution in [0.1, 0.15) is 11.3 Å². The third-order valence-electron chi connectivity index (χ3n) is 5.06. The Morgan fingerprint density at radius 2 is 1.94 bits per heavy atom. The summed E-state index contributed by atoms with van der Waals surface area (Å²) in [6.45, 7) is 2.52. The second kappa shape index (κ2) is 9.27. The van der Waals surface area contributed by atoms with Gasteiger partial charge in [0.1, 0.15) is 11.5 Å². The maximum atomic E-state index is 12.6. The number of carbonyl (C=O) groups is 1. The second-order valence-electron chi connectivity index (χ2n) is 7.29. The molecule has 4 rings (SSSR count). The van der Waals surface area contributed by atoms with E-state index in [1.807, 2.05) is 66.0 Å². The molecule has 8 nitrogen and oxygen atoms in total. The minimum Gasteiger partial charge on any atom is -0.497 e. The Morgan fingerprint density at radius 3 is 2.66 bits per heavy atom. The molecule has 0 saturated heterocycles. The van der Waals surface area contributed by atoms with Gasteiger partial charge < -0.3 is 19.7 Å². The van der Waals surface area contributed by atoms with Gasteiger partial charge in [-0.2, -0.15) is 10.1 Å². The van der Waals surface area contributed by atoms with Gasteiger partial charge in [-0.05, 0) is 31.2 Å². The molecule has 2 heterocycles. The van der Waals surface area contributed by atoms with E-state index in [2.05, 4.69) is 10.4 Å². The van der Waals surface area contributed by atoms with Gasteiger partial charge in [-0.1, -0.05) is 29.5 Å². The molecule has 9 heteroatoms. The predicted octanol–water partition coefficient (Wildman–Crippen LogP) is 3.56. The van der Waals surface area contributed by atoms with Crippen molar-refractivity contribution in [1.82, 2.24) is 20.1 Å². The summed E-state index contributed by atoms with van der Waals surface area (Å²) < 4.78 is 13.5. The molecule has 4 aromatic rings. The van der Waals surface area contributed by atoms with E-state index in [9.17, 15) is 4.79 Å². The predicted molar refractivity (Wildman–Crippen MR) is 126 cm³/mol. The number of para-hydroxylation sites is 1. The molecule has 0 atom stereocenters. The Bertz CT molecular complexity index is 1240. The lowest BCUT2D eigenvalue weighted by molar-refractivity contribution is -0.119. The number of fused-ring (bicyclic) bond motifs is 1. The van der Waals surface area contributed by atoms with E-state index >= 15 is 0 Å². The number of methoxy groups -OCH3 is 2. The summed E-state index contributed by atoms with van der Waals surface area (Å²) in [7, 11) is 5.06. The van der Waals surface area contributed by atoms with Crippen molar-refractivity contribution in [2.45, 2.75) is 13.5 Å². The first-order chi connectivity index (χ1) is 15.5. The summed E-state index contributed by atoms with van der Waals surface area (Å²) in [6, 6.07) is 15.4. The number of hydrogen-bond acceptors (Lipinski definition) is 7. The van der Waals surface area contributed by atoms with E-state index in [-0.39, 0.29) is 12.5 Å². The highest BCUT2D eigenvalue weighted by molar-refractivity contribution is 7.22. The van der Waals surface area contributed by atoms with Gasteiger partial charge in [0.15, 0.2) is 10.8 Å². The van der Waals surface area contributed by atoms with Crippen LogP contribution in [0.2, 0.25) is 0 Å². The van der Waals surface area contributed by atoms with Crippen molar-refractivity contribution in [3.05, 3.63) is 59.8 Å². The fourth-order valence-corrected chi connectivity index (χ4v) is 4.31. The number of nitrogens with zero attached hydrogens (tertiary/aromatic N) is 4. The summed E-state index contributed by atoms with van der Waals surface area (Å²) in [5, 5.41) is 8.33. The SMILES string of the molecule is COc1ccc(CNC(=O)CN(C)c2nc3c(s2)c(C)nn3-c2ccccc2)c(OC)c1. The summed E-state index contributed by atoms with van der Waals surface area (Å²) in [6.07, 6.45) is 0. The van der Waals surface area contributed by atoms with Gasteiger partial charge >= 0.3 is 0 Å². The Morgan fingerprint density at radius 1 is 1.16 bits per heavy atom. The quantitative estimate of drug-likeness (QED) is 0.441. The number of aromatic nitrogens is 3. The van der Waals surface area contributed by atoms with Crippen LogP contribution in [0.4, 0.5) is 5.13 Å². The van der Waals surface area contributed by atoms with Crippen LogP contribution in [0.25, 0.3) is 16.0 Å². The molecule has 2 aromatic heterocycles. The van der Waals surface area contributed by atoms with Crippen LogP contribution in [0.3, 0.4) is 0 Å². The smallest absolute Gasteiger partial charge is 0.239 e. The van der Waals surface area contributed by atoms with Crippen LogP contribution in [0.5, 0.6) is 11.5 Å². The molecule has 0 unspecified atom stereocenters. The molecule has 1 amide bonds. The normalized spacial score (nSPS) is 10.9. The third kappa shape index (κ3) is 4.38. The largest absolute Gasteiger partial charge is 0.497 e. The zero-order valence-electron chi connectivity index (χ0n) is 18.5. The van der Waals surface area contributed by atoms with E-state index in [1.165, 1.54) is 11.3 Å². The number of rotatable bonds is 8. The minimum absolute atomic E-state index is 0.106. The summed E-state index contributed by atoms with van der Waals surface area (Å²) >= 11 is 1.53. The Hall–Kier alpha value is -3.59. The van der Waals surface area contributed by atoms with Crippen LogP contribution in [0.15, 0.2) is 48.5 Å². The van der Waals surface area contributed by atoms with Crippen molar-refractivity contribution < 1.29 is 14.3 Å². The monoisotopic (exact) mass is 451 g/mol. The molecule has 0 aliphatic heterocycles. The third-order valence-corrected chi connectivity index (χ3v) is 6.32. The standard InChI is InChI=1S/C23H25N5O3S/c1-15-21-22(28(26-15)17-8-6-5-7-9-17)25-23(32-21)27(2)14-20(29)24-13-16-10-11-18(30-3)12-19(16)31-4/h5-12H,13-14H2,1-4H3,(H,24,29). The van der Waals surface area contributed by atoms with E-state index in [0.717, 1.165) is 32.4 Å². The highest BCUT2D eigenvalue weighted by Gasteiger charge is 2.18. The Balaban J connectivity index is 1.45. The number of aryl methyl sites for hydroxylation is 1. The van der Waals surface area contributed by atoms with Crippen LogP contribution in [-0.2, 0) is 11.3 Å². The molecule has 32 heavy (non-hydrogen) atoms. The number of amides is 1. The molecule has 1 N–H and O–H groups in total. The zero-order valence-corrected chi connectivity index (χ0v) is 19.3.